The molecule has 4 heteroatoms. The monoisotopic (exact) mass is 291 g/mol. The lowest BCUT2D eigenvalue weighted by molar-refractivity contribution is 0.00877. The number of carbonyl (C=O) groups excluding carboxylic acids is 1. The Labute approximate surface area is 126 Å². The van der Waals surface area contributed by atoms with Crippen molar-refractivity contribution in [3.63, 3.8) is 0 Å². The largest absolute Gasteiger partial charge is 0.508 e. The van der Waals surface area contributed by atoms with Crippen LogP contribution in [0.5, 0.6) is 5.75 Å². The molecule has 1 aliphatic rings. The van der Waals surface area contributed by atoms with E-state index in [9.17, 15) is 9.90 Å². The molecule has 0 radical (unpaired) electrons. The summed E-state index contributed by atoms with van der Waals surface area (Å²) >= 11 is 0. The topological polar surface area (TPSA) is 49.8 Å². The van der Waals surface area contributed by atoms with Crippen LogP contribution in [0.3, 0.4) is 0 Å². The zero-order chi connectivity index (χ0) is 15.8. The van der Waals surface area contributed by atoms with Gasteiger partial charge in [-0.25, -0.2) is 4.79 Å². The predicted octanol–water partition coefficient (Wildman–Crippen LogP) is 3.88. The van der Waals surface area contributed by atoms with E-state index in [0.717, 1.165) is 17.5 Å². The zero-order valence-electron chi connectivity index (χ0n) is 13.5. The molecule has 1 amide bonds. The van der Waals surface area contributed by atoms with Crippen molar-refractivity contribution in [3.05, 3.63) is 29.3 Å². The molecule has 0 fully saturated rings. The summed E-state index contributed by atoms with van der Waals surface area (Å²) in [5, 5.41) is 9.64. The average Bonchev–Trinajstić information content (AvgIpc) is 2.34. The minimum atomic E-state index is -0.492. The van der Waals surface area contributed by atoms with Crippen LogP contribution in [0.2, 0.25) is 0 Å². The number of amides is 1. The Morgan fingerprint density at radius 1 is 1.38 bits per heavy atom. The van der Waals surface area contributed by atoms with Gasteiger partial charge in [0.2, 0.25) is 0 Å². The van der Waals surface area contributed by atoms with E-state index in [0.29, 0.717) is 6.54 Å². The minimum absolute atomic E-state index is 0.0100. The molecule has 1 N–H and O–H groups in total. The van der Waals surface area contributed by atoms with Crippen LogP contribution in [0.25, 0.3) is 0 Å². The molecule has 1 aromatic rings. The summed E-state index contributed by atoms with van der Waals surface area (Å²) < 4.78 is 5.53. The molecule has 21 heavy (non-hydrogen) atoms. The molecule has 4 nitrogen and oxygen atoms in total. The van der Waals surface area contributed by atoms with Crippen molar-refractivity contribution in [2.75, 3.05) is 6.54 Å². The highest BCUT2D eigenvalue weighted by atomic mass is 16.6. The van der Waals surface area contributed by atoms with E-state index in [-0.39, 0.29) is 23.8 Å². The predicted molar refractivity (Wildman–Crippen MR) is 82.3 cm³/mol. The van der Waals surface area contributed by atoms with Crippen molar-refractivity contribution in [1.82, 2.24) is 4.90 Å². The van der Waals surface area contributed by atoms with Gasteiger partial charge in [0.15, 0.2) is 0 Å². The normalized spacial score (nSPS) is 18.6. The molecule has 0 saturated carbocycles. The first-order chi connectivity index (χ1) is 9.69. The number of hydrogen-bond donors (Lipinski definition) is 1. The lowest BCUT2D eigenvalue weighted by Gasteiger charge is -2.40. The molecule has 2 rings (SSSR count). The van der Waals surface area contributed by atoms with Crippen LogP contribution in [0.4, 0.5) is 4.79 Å². The molecule has 1 atom stereocenters. The van der Waals surface area contributed by atoms with E-state index in [2.05, 4.69) is 13.8 Å². The second kappa shape index (κ2) is 5.58. The fraction of sp³-hybridized carbons (Fsp3) is 0.588. The van der Waals surface area contributed by atoms with Crippen LogP contribution in [-0.4, -0.2) is 28.2 Å². The van der Waals surface area contributed by atoms with E-state index in [4.69, 9.17) is 4.74 Å². The number of aromatic hydroxyl groups is 1. The second-order valence-corrected chi connectivity index (χ2v) is 7.00. The fourth-order valence-corrected chi connectivity index (χ4v) is 2.89. The van der Waals surface area contributed by atoms with Gasteiger partial charge in [-0.1, -0.05) is 19.9 Å². The van der Waals surface area contributed by atoms with Crippen molar-refractivity contribution in [2.45, 2.75) is 52.7 Å². The number of phenols is 1. The molecule has 1 unspecified atom stereocenters. The highest BCUT2D eigenvalue weighted by Gasteiger charge is 2.35. The summed E-state index contributed by atoms with van der Waals surface area (Å²) in [7, 11) is 0. The van der Waals surface area contributed by atoms with Crippen molar-refractivity contribution >= 4 is 6.09 Å². The van der Waals surface area contributed by atoms with Gasteiger partial charge >= 0.3 is 6.09 Å². The molecule has 0 bridgehead atoms. The van der Waals surface area contributed by atoms with Gasteiger partial charge in [-0.2, -0.15) is 0 Å². The Hall–Kier alpha value is -1.71. The van der Waals surface area contributed by atoms with Crippen molar-refractivity contribution in [3.8, 4) is 5.75 Å². The summed E-state index contributed by atoms with van der Waals surface area (Å²) in [6, 6.07) is 5.40. The summed E-state index contributed by atoms with van der Waals surface area (Å²) in [4.78, 5) is 14.3. The Morgan fingerprint density at radius 2 is 2.05 bits per heavy atom. The number of benzene rings is 1. The van der Waals surface area contributed by atoms with Gasteiger partial charge in [0, 0.05) is 6.54 Å². The third-order valence-electron chi connectivity index (χ3n) is 3.66. The minimum Gasteiger partial charge on any atom is -0.508 e. The maximum atomic E-state index is 12.5. The maximum Gasteiger partial charge on any atom is 0.410 e. The Bertz CT molecular complexity index is 531. The van der Waals surface area contributed by atoms with Crippen LogP contribution in [-0.2, 0) is 11.2 Å². The number of ether oxygens (including phenoxy) is 1. The molecule has 0 saturated heterocycles. The SMILES string of the molecule is CC(C)C1c2ccc(O)cc2CCN1C(=O)OC(C)(C)C. The molecular formula is C17H25NO3. The van der Waals surface area contributed by atoms with E-state index in [1.165, 1.54) is 0 Å². The van der Waals surface area contributed by atoms with E-state index >= 15 is 0 Å². The van der Waals surface area contributed by atoms with E-state index in [1.807, 2.05) is 31.7 Å². The van der Waals surface area contributed by atoms with Crippen LogP contribution >= 0.6 is 0 Å². The zero-order valence-corrected chi connectivity index (χ0v) is 13.5. The van der Waals surface area contributed by atoms with Crippen LogP contribution in [0, 0.1) is 5.92 Å². The summed E-state index contributed by atoms with van der Waals surface area (Å²) in [5.74, 6) is 0.558. The number of phenolic OH excluding ortho intramolecular Hbond substituents is 1. The number of rotatable bonds is 1. The maximum absolute atomic E-state index is 12.5. The van der Waals surface area contributed by atoms with Gasteiger partial charge in [-0.15, -0.1) is 0 Å². The molecule has 0 aliphatic carbocycles. The van der Waals surface area contributed by atoms with Gasteiger partial charge in [0.05, 0.1) is 6.04 Å². The standard InChI is InChI=1S/C17H25NO3/c1-11(2)15-14-7-6-13(19)10-12(14)8-9-18(15)16(20)21-17(3,4)5/h6-7,10-11,15,19H,8-9H2,1-5H3. The third-order valence-corrected chi connectivity index (χ3v) is 3.66. The lowest BCUT2D eigenvalue weighted by atomic mass is 9.86. The van der Waals surface area contributed by atoms with Gasteiger partial charge in [-0.3, -0.25) is 0 Å². The smallest absolute Gasteiger partial charge is 0.410 e. The Morgan fingerprint density at radius 3 is 2.62 bits per heavy atom. The van der Waals surface area contributed by atoms with Crippen molar-refractivity contribution in [1.29, 1.82) is 0 Å². The summed E-state index contributed by atoms with van der Waals surface area (Å²) in [5.41, 5.74) is 1.74. The molecule has 0 spiro atoms. The van der Waals surface area contributed by atoms with Gasteiger partial charge in [0.1, 0.15) is 11.4 Å². The van der Waals surface area contributed by atoms with E-state index < -0.39 is 5.60 Å². The molecule has 1 aromatic carbocycles. The van der Waals surface area contributed by atoms with Crippen molar-refractivity contribution < 1.29 is 14.6 Å². The number of hydrogen-bond acceptors (Lipinski definition) is 3. The number of carbonyl (C=O) groups is 1. The number of nitrogens with zero attached hydrogens (tertiary/aromatic N) is 1. The van der Waals surface area contributed by atoms with Crippen molar-refractivity contribution in [2.24, 2.45) is 5.92 Å². The summed E-state index contributed by atoms with van der Waals surface area (Å²) in [6.07, 6.45) is 0.478. The number of fused-ring (bicyclic) bond motifs is 1. The molecule has 1 heterocycles. The molecular weight excluding hydrogens is 266 g/mol. The lowest BCUT2D eigenvalue weighted by Crippen LogP contribution is -2.44. The quantitative estimate of drug-likeness (QED) is 0.854. The first-order valence-electron chi connectivity index (χ1n) is 7.50. The fourth-order valence-electron chi connectivity index (χ4n) is 2.89. The molecule has 1 aliphatic heterocycles. The second-order valence-electron chi connectivity index (χ2n) is 7.00. The highest BCUT2D eigenvalue weighted by molar-refractivity contribution is 5.69. The first-order valence-corrected chi connectivity index (χ1v) is 7.50. The average molecular weight is 291 g/mol. The van der Waals surface area contributed by atoms with Crippen LogP contribution in [0.1, 0.15) is 51.8 Å². The molecule has 0 aromatic heterocycles. The van der Waals surface area contributed by atoms with E-state index in [1.54, 1.807) is 12.1 Å². The Balaban J connectivity index is 2.32. The van der Waals surface area contributed by atoms with Gasteiger partial charge in [0.25, 0.3) is 0 Å². The summed E-state index contributed by atoms with van der Waals surface area (Å²) in [6.45, 7) is 10.5. The van der Waals surface area contributed by atoms with Gasteiger partial charge < -0.3 is 14.7 Å². The molecule has 116 valence electrons. The van der Waals surface area contributed by atoms with Crippen LogP contribution in [0.15, 0.2) is 18.2 Å². The Kier molecular flexibility index (Phi) is 4.17. The first kappa shape index (κ1) is 15.7. The highest BCUT2D eigenvalue weighted by Crippen LogP contribution is 2.37. The van der Waals surface area contributed by atoms with Gasteiger partial charge in [-0.05, 0) is 56.4 Å². The third kappa shape index (κ3) is 3.49. The van der Waals surface area contributed by atoms with Crippen LogP contribution < -0.4 is 0 Å².